The van der Waals surface area contributed by atoms with Gasteiger partial charge in [0.25, 0.3) is 5.91 Å². The lowest BCUT2D eigenvalue weighted by Crippen LogP contribution is -2.22. The van der Waals surface area contributed by atoms with Crippen molar-refractivity contribution in [3.63, 3.8) is 0 Å². The largest absolute Gasteiger partial charge is 0.491 e. The second-order valence-corrected chi connectivity index (χ2v) is 9.62. The van der Waals surface area contributed by atoms with Crippen LogP contribution in [0.5, 0.6) is 11.5 Å². The van der Waals surface area contributed by atoms with Crippen molar-refractivity contribution in [3.05, 3.63) is 53.6 Å². The Balaban J connectivity index is 1.96. The monoisotopic (exact) mass is 427 g/mol. The maximum absolute atomic E-state index is 12.4. The van der Waals surface area contributed by atoms with Crippen LogP contribution < -0.4 is 14.8 Å². The fourth-order valence-corrected chi connectivity index (χ4v) is 3.05. The molecule has 31 heavy (non-hydrogen) atoms. The van der Waals surface area contributed by atoms with Gasteiger partial charge >= 0.3 is 0 Å². The average Bonchev–Trinajstić information content (AvgIpc) is 2.69. The molecule has 0 atom stereocenters. The molecule has 2 aromatic rings. The van der Waals surface area contributed by atoms with Crippen LogP contribution in [0.4, 0.5) is 5.69 Å². The van der Waals surface area contributed by atoms with Crippen molar-refractivity contribution in [2.24, 2.45) is 0 Å². The highest BCUT2D eigenvalue weighted by Gasteiger charge is 2.23. The van der Waals surface area contributed by atoms with Crippen LogP contribution >= 0.6 is 0 Å². The van der Waals surface area contributed by atoms with Gasteiger partial charge in [-0.15, -0.1) is 0 Å². The van der Waals surface area contributed by atoms with Gasteiger partial charge in [-0.1, -0.05) is 53.7 Å². The van der Waals surface area contributed by atoms with Crippen molar-refractivity contribution in [3.8, 4) is 11.5 Å². The Bertz CT molecular complexity index is 845. The Kier molecular flexibility index (Phi) is 8.52. The van der Waals surface area contributed by atoms with E-state index in [2.05, 4.69) is 59.0 Å². The number of nitrogens with one attached hydrogen (secondary N) is 1. The molecule has 0 fully saturated rings. The summed E-state index contributed by atoms with van der Waals surface area (Å²) in [5.74, 6) is 1.28. The first-order chi connectivity index (χ1) is 14.5. The van der Waals surface area contributed by atoms with Crippen LogP contribution in [-0.4, -0.2) is 32.3 Å². The minimum Gasteiger partial charge on any atom is -0.491 e. The van der Waals surface area contributed by atoms with Gasteiger partial charge in [0.1, 0.15) is 18.1 Å². The molecule has 0 aromatic heterocycles. The van der Waals surface area contributed by atoms with Crippen molar-refractivity contribution in [2.75, 3.05) is 31.7 Å². The Labute approximate surface area is 187 Å². The Morgan fingerprint density at radius 2 is 1.55 bits per heavy atom. The lowest BCUT2D eigenvalue weighted by molar-refractivity contribution is -0.118. The number of hydrogen-bond acceptors (Lipinski definition) is 4. The molecule has 1 amide bonds. The number of carbonyl (C=O) groups excluding carboxylic acids is 1. The summed E-state index contributed by atoms with van der Waals surface area (Å²) < 4.78 is 16.8. The zero-order chi connectivity index (χ0) is 23.1. The predicted molar refractivity (Wildman–Crippen MR) is 126 cm³/mol. The van der Waals surface area contributed by atoms with E-state index in [1.54, 1.807) is 0 Å². The van der Waals surface area contributed by atoms with Crippen LogP contribution in [-0.2, 0) is 20.4 Å². The molecule has 0 heterocycles. The van der Waals surface area contributed by atoms with E-state index in [9.17, 15) is 4.79 Å². The summed E-state index contributed by atoms with van der Waals surface area (Å²) in [7, 11) is 0. The topological polar surface area (TPSA) is 56.8 Å². The van der Waals surface area contributed by atoms with E-state index in [4.69, 9.17) is 14.2 Å². The first-order valence-electron chi connectivity index (χ1n) is 10.9. The van der Waals surface area contributed by atoms with Gasteiger partial charge in [0, 0.05) is 12.3 Å². The Hall–Kier alpha value is -2.53. The van der Waals surface area contributed by atoms with Crippen LogP contribution in [0.1, 0.15) is 59.6 Å². The zero-order valence-corrected chi connectivity index (χ0v) is 20.0. The number of benzene rings is 2. The molecule has 5 heteroatoms. The molecule has 5 nitrogen and oxygen atoms in total. The molecule has 0 aliphatic rings. The molecule has 0 spiro atoms. The molecular formula is C26H37NO4. The summed E-state index contributed by atoms with van der Waals surface area (Å²) in [5, 5.41) is 2.87. The van der Waals surface area contributed by atoms with Crippen LogP contribution in [0.15, 0.2) is 42.5 Å². The van der Waals surface area contributed by atoms with Crippen LogP contribution in [0.2, 0.25) is 0 Å². The summed E-state index contributed by atoms with van der Waals surface area (Å²) >= 11 is 0. The van der Waals surface area contributed by atoms with Gasteiger partial charge < -0.3 is 19.5 Å². The summed E-state index contributed by atoms with van der Waals surface area (Å²) in [4.78, 5) is 12.4. The van der Waals surface area contributed by atoms with Crippen molar-refractivity contribution in [1.29, 1.82) is 0 Å². The fourth-order valence-electron chi connectivity index (χ4n) is 3.05. The number of rotatable bonds is 9. The zero-order valence-electron chi connectivity index (χ0n) is 20.0. The van der Waals surface area contributed by atoms with E-state index < -0.39 is 0 Å². The third kappa shape index (κ3) is 7.91. The van der Waals surface area contributed by atoms with E-state index in [1.165, 1.54) is 5.56 Å². The lowest BCUT2D eigenvalue weighted by atomic mass is 9.80. The second-order valence-electron chi connectivity index (χ2n) is 9.62. The van der Waals surface area contributed by atoms with E-state index >= 15 is 0 Å². The minimum atomic E-state index is -0.204. The summed E-state index contributed by atoms with van der Waals surface area (Å²) in [6.07, 6.45) is 0. The SMILES string of the molecule is CCOCCOc1ccc(NC(=O)COc2ccc(C(C)(C)C)cc2C(C)(C)C)cc1. The van der Waals surface area contributed by atoms with Crippen molar-refractivity contribution in [2.45, 2.75) is 59.3 Å². The molecule has 170 valence electrons. The van der Waals surface area contributed by atoms with Crippen molar-refractivity contribution < 1.29 is 19.0 Å². The van der Waals surface area contributed by atoms with Gasteiger partial charge in [0.2, 0.25) is 0 Å². The van der Waals surface area contributed by atoms with Crippen LogP contribution in [0.3, 0.4) is 0 Å². The van der Waals surface area contributed by atoms with Crippen molar-refractivity contribution in [1.82, 2.24) is 0 Å². The summed E-state index contributed by atoms with van der Waals surface area (Å²) in [5.41, 5.74) is 3.00. The fraction of sp³-hybridized carbons (Fsp3) is 0.500. The number of carbonyl (C=O) groups is 1. The highest BCUT2D eigenvalue weighted by molar-refractivity contribution is 5.91. The number of hydrogen-bond donors (Lipinski definition) is 1. The van der Waals surface area contributed by atoms with Gasteiger partial charge in [-0.3, -0.25) is 4.79 Å². The lowest BCUT2D eigenvalue weighted by Gasteiger charge is -2.27. The smallest absolute Gasteiger partial charge is 0.262 e. The van der Waals surface area contributed by atoms with E-state index in [0.29, 0.717) is 25.5 Å². The normalized spacial score (nSPS) is 11.8. The Morgan fingerprint density at radius 3 is 2.13 bits per heavy atom. The van der Waals surface area contributed by atoms with E-state index in [0.717, 1.165) is 17.1 Å². The standard InChI is InChI=1S/C26H37NO4/c1-8-29-15-16-30-21-12-10-20(11-13-21)27-24(28)18-31-23-14-9-19(25(2,3)4)17-22(23)26(5,6)7/h9-14,17H,8,15-16,18H2,1-7H3,(H,27,28). The molecule has 2 rings (SSSR count). The first-order valence-corrected chi connectivity index (χ1v) is 10.9. The van der Waals surface area contributed by atoms with Gasteiger partial charge in [-0.05, 0) is 59.2 Å². The van der Waals surface area contributed by atoms with Gasteiger partial charge in [0.05, 0.1) is 6.61 Å². The minimum absolute atomic E-state index is 0.0504. The molecule has 0 saturated carbocycles. The average molecular weight is 428 g/mol. The number of anilines is 1. The van der Waals surface area contributed by atoms with Crippen LogP contribution in [0.25, 0.3) is 0 Å². The summed E-state index contributed by atoms with van der Waals surface area (Å²) in [6, 6.07) is 13.5. The molecule has 0 aliphatic carbocycles. The van der Waals surface area contributed by atoms with Crippen molar-refractivity contribution >= 4 is 11.6 Å². The quantitative estimate of drug-likeness (QED) is 0.521. The summed E-state index contributed by atoms with van der Waals surface area (Å²) in [6.45, 7) is 16.7. The third-order valence-corrected chi connectivity index (χ3v) is 4.85. The van der Waals surface area contributed by atoms with Gasteiger partial charge in [-0.2, -0.15) is 0 Å². The molecule has 0 saturated heterocycles. The maximum Gasteiger partial charge on any atom is 0.262 e. The highest BCUT2D eigenvalue weighted by atomic mass is 16.5. The molecule has 0 aliphatic heterocycles. The first kappa shape index (κ1) is 24.7. The molecule has 1 N–H and O–H groups in total. The maximum atomic E-state index is 12.4. The van der Waals surface area contributed by atoms with Gasteiger partial charge in [0.15, 0.2) is 6.61 Å². The number of amides is 1. The second kappa shape index (κ2) is 10.7. The number of ether oxygens (including phenoxy) is 3. The van der Waals surface area contributed by atoms with Gasteiger partial charge in [-0.25, -0.2) is 0 Å². The van der Waals surface area contributed by atoms with E-state index in [1.807, 2.05) is 37.3 Å². The third-order valence-electron chi connectivity index (χ3n) is 4.85. The van der Waals surface area contributed by atoms with E-state index in [-0.39, 0.29) is 23.3 Å². The molecule has 2 aromatic carbocycles. The molecule has 0 bridgehead atoms. The molecular weight excluding hydrogens is 390 g/mol. The molecule has 0 radical (unpaired) electrons. The molecule has 0 unspecified atom stereocenters. The van der Waals surface area contributed by atoms with Crippen LogP contribution in [0, 0.1) is 0 Å². The predicted octanol–water partition coefficient (Wildman–Crippen LogP) is 5.71. The highest BCUT2D eigenvalue weighted by Crippen LogP contribution is 2.35. The Morgan fingerprint density at radius 1 is 0.871 bits per heavy atom.